The van der Waals surface area contributed by atoms with E-state index in [4.69, 9.17) is 11.6 Å². The molecule has 0 aromatic carbocycles. The van der Waals surface area contributed by atoms with Crippen LogP contribution in [0.2, 0.25) is 0 Å². The molecular weight excluding hydrogens is 212 g/mol. The van der Waals surface area contributed by atoms with Crippen molar-refractivity contribution in [2.24, 2.45) is 17.5 Å². The summed E-state index contributed by atoms with van der Waals surface area (Å²) in [5.74, 6) is 2.45. The Bertz CT molecular complexity index is 318. The van der Waals surface area contributed by atoms with Crippen LogP contribution in [0.3, 0.4) is 0 Å². The van der Waals surface area contributed by atoms with Gasteiger partial charge in [0.1, 0.15) is 0 Å². The summed E-state index contributed by atoms with van der Waals surface area (Å²) in [6, 6.07) is -0.0830. The van der Waals surface area contributed by atoms with Crippen molar-refractivity contribution in [2.75, 3.05) is 6.54 Å². The number of carbonyl (C=O) groups is 3. The highest BCUT2D eigenvalue weighted by Crippen LogP contribution is 2.21. The van der Waals surface area contributed by atoms with E-state index in [9.17, 15) is 14.4 Å². The molecule has 7 nitrogen and oxygen atoms in total. The first-order valence-corrected chi connectivity index (χ1v) is 5.08. The van der Waals surface area contributed by atoms with E-state index in [1.54, 1.807) is 5.43 Å². The molecule has 1 fully saturated rings. The maximum absolute atomic E-state index is 11.6. The van der Waals surface area contributed by atoms with E-state index in [2.05, 4.69) is 0 Å². The molecule has 90 valence electrons. The number of nitrogens with one attached hydrogen (secondary N) is 1. The number of piperidine rings is 1. The first-order valence-electron chi connectivity index (χ1n) is 5.08. The molecule has 0 spiro atoms. The molecular formula is C9H16N4O3. The molecule has 1 aliphatic heterocycles. The van der Waals surface area contributed by atoms with Crippen molar-refractivity contribution in [3.05, 3.63) is 0 Å². The first-order chi connectivity index (χ1) is 7.47. The summed E-state index contributed by atoms with van der Waals surface area (Å²) < 4.78 is 0. The fourth-order valence-corrected chi connectivity index (χ4v) is 1.81. The van der Waals surface area contributed by atoms with Crippen molar-refractivity contribution in [1.82, 2.24) is 10.3 Å². The van der Waals surface area contributed by atoms with Crippen LogP contribution in [0.25, 0.3) is 0 Å². The van der Waals surface area contributed by atoms with Gasteiger partial charge in [-0.1, -0.05) is 0 Å². The fraction of sp³-hybridized carbons (Fsp3) is 0.667. The zero-order valence-corrected chi connectivity index (χ0v) is 9.10. The van der Waals surface area contributed by atoms with Gasteiger partial charge in [-0.2, -0.15) is 0 Å². The van der Waals surface area contributed by atoms with Crippen LogP contribution in [-0.4, -0.2) is 35.2 Å². The number of hydrazine groups is 1. The van der Waals surface area contributed by atoms with Crippen LogP contribution in [0.15, 0.2) is 0 Å². The molecule has 0 aromatic rings. The van der Waals surface area contributed by atoms with Gasteiger partial charge in [-0.15, -0.1) is 0 Å². The van der Waals surface area contributed by atoms with E-state index in [-0.39, 0.29) is 18.5 Å². The van der Waals surface area contributed by atoms with Crippen molar-refractivity contribution in [3.63, 3.8) is 0 Å². The molecule has 5 N–H and O–H groups in total. The smallest absolute Gasteiger partial charge is 0.323 e. The van der Waals surface area contributed by atoms with Gasteiger partial charge in [0.15, 0.2) is 0 Å². The second-order valence-electron chi connectivity index (χ2n) is 3.96. The van der Waals surface area contributed by atoms with Crippen LogP contribution >= 0.6 is 0 Å². The minimum absolute atomic E-state index is 0.0830. The largest absolute Gasteiger partial charge is 0.369 e. The van der Waals surface area contributed by atoms with Crippen molar-refractivity contribution in [1.29, 1.82) is 0 Å². The Morgan fingerprint density at radius 1 is 1.31 bits per heavy atom. The fourth-order valence-electron chi connectivity index (χ4n) is 1.81. The van der Waals surface area contributed by atoms with Gasteiger partial charge in [-0.25, -0.2) is 5.84 Å². The van der Waals surface area contributed by atoms with Gasteiger partial charge < -0.3 is 10.6 Å². The van der Waals surface area contributed by atoms with Crippen molar-refractivity contribution in [3.8, 4) is 0 Å². The molecule has 0 radical (unpaired) electrons. The standard InChI is InChI=1S/C9H16N4O3/c1-5-2-3-6(7(10)14)4-13(5)9(16)8(15)12-11/h5-6H,2-4,11H2,1H3,(H2,10,14)(H,12,15). The molecule has 0 aromatic heterocycles. The number of nitrogens with zero attached hydrogens (tertiary/aromatic N) is 1. The lowest BCUT2D eigenvalue weighted by Crippen LogP contribution is -2.53. The van der Waals surface area contributed by atoms with E-state index in [1.807, 2.05) is 6.92 Å². The number of carbonyl (C=O) groups excluding carboxylic acids is 3. The van der Waals surface area contributed by atoms with Crippen LogP contribution in [0.5, 0.6) is 0 Å². The average Bonchev–Trinajstić information content (AvgIpc) is 2.27. The van der Waals surface area contributed by atoms with Crippen molar-refractivity contribution in [2.45, 2.75) is 25.8 Å². The minimum Gasteiger partial charge on any atom is -0.369 e. The van der Waals surface area contributed by atoms with Crippen molar-refractivity contribution < 1.29 is 14.4 Å². The third-order valence-electron chi connectivity index (χ3n) is 2.87. The molecule has 1 rings (SSSR count). The second kappa shape index (κ2) is 4.93. The molecule has 0 aliphatic carbocycles. The van der Waals surface area contributed by atoms with E-state index in [0.717, 1.165) is 0 Å². The minimum atomic E-state index is -0.878. The molecule has 1 heterocycles. The number of primary amides is 1. The SMILES string of the molecule is CC1CCC(C(N)=O)CN1C(=O)C(=O)NN. The van der Waals surface area contributed by atoms with Gasteiger partial charge in [0, 0.05) is 12.6 Å². The Labute approximate surface area is 93.1 Å². The van der Waals surface area contributed by atoms with Crippen LogP contribution in [0, 0.1) is 5.92 Å². The highest BCUT2D eigenvalue weighted by atomic mass is 16.2. The third-order valence-corrected chi connectivity index (χ3v) is 2.87. The summed E-state index contributed by atoms with van der Waals surface area (Å²) in [5.41, 5.74) is 6.96. The Kier molecular flexibility index (Phi) is 3.83. The summed E-state index contributed by atoms with van der Waals surface area (Å²) in [6.45, 7) is 2.00. The van der Waals surface area contributed by atoms with E-state index in [1.165, 1.54) is 4.90 Å². The number of hydrogen-bond acceptors (Lipinski definition) is 4. The zero-order chi connectivity index (χ0) is 12.3. The Morgan fingerprint density at radius 2 is 1.94 bits per heavy atom. The highest BCUT2D eigenvalue weighted by Gasteiger charge is 2.33. The van der Waals surface area contributed by atoms with Crippen LogP contribution < -0.4 is 17.0 Å². The summed E-state index contributed by atoms with van der Waals surface area (Å²) in [4.78, 5) is 35.0. The molecule has 1 aliphatic rings. The number of likely N-dealkylation sites (tertiary alicyclic amines) is 1. The topological polar surface area (TPSA) is 119 Å². The summed E-state index contributed by atoms with van der Waals surface area (Å²) in [6.07, 6.45) is 1.29. The van der Waals surface area contributed by atoms with E-state index >= 15 is 0 Å². The number of amides is 3. The monoisotopic (exact) mass is 228 g/mol. The Balaban J connectivity index is 2.73. The van der Waals surface area contributed by atoms with Gasteiger partial charge in [0.2, 0.25) is 5.91 Å². The second-order valence-corrected chi connectivity index (χ2v) is 3.96. The molecule has 0 bridgehead atoms. The lowest BCUT2D eigenvalue weighted by molar-refractivity contribution is -0.149. The number of rotatable bonds is 1. The van der Waals surface area contributed by atoms with Gasteiger partial charge in [0.05, 0.1) is 5.92 Å². The maximum atomic E-state index is 11.6. The number of nitrogens with two attached hydrogens (primary N) is 2. The zero-order valence-electron chi connectivity index (χ0n) is 9.10. The highest BCUT2D eigenvalue weighted by molar-refractivity contribution is 6.34. The van der Waals surface area contributed by atoms with Gasteiger partial charge in [-0.05, 0) is 19.8 Å². The van der Waals surface area contributed by atoms with Crippen LogP contribution in [-0.2, 0) is 14.4 Å². The van der Waals surface area contributed by atoms with E-state index < -0.39 is 17.7 Å². The normalized spacial score (nSPS) is 25.0. The van der Waals surface area contributed by atoms with Gasteiger partial charge in [0.25, 0.3) is 0 Å². The Hall–Kier alpha value is -1.63. The molecule has 3 amide bonds. The molecule has 7 heteroatoms. The lowest BCUT2D eigenvalue weighted by Gasteiger charge is -2.36. The predicted octanol–water partition coefficient (Wildman–Crippen LogP) is -1.91. The average molecular weight is 228 g/mol. The molecule has 1 saturated heterocycles. The molecule has 2 unspecified atom stereocenters. The quantitative estimate of drug-likeness (QED) is 0.210. The first kappa shape index (κ1) is 12.4. The summed E-state index contributed by atoms with van der Waals surface area (Å²) >= 11 is 0. The lowest BCUT2D eigenvalue weighted by atomic mass is 9.93. The van der Waals surface area contributed by atoms with Crippen LogP contribution in [0.1, 0.15) is 19.8 Å². The molecule has 16 heavy (non-hydrogen) atoms. The summed E-state index contributed by atoms with van der Waals surface area (Å²) in [7, 11) is 0. The Morgan fingerprint density at radius 3 is 2.44 bits per heavy atom. The van der Waals surface area contributed by atoms with Gasteiger partial charge in [-0.3, -0.25) is 19.8 Å². The summed E-state index contributed by atoms with van der Waals surface area (Å²) in [5, 5.41) is 0. The van der Waals surface area contributed by atoms with Crippen LogP contribution in [0.4, 0.5) is 0 Å². The van der Waals surface area contributed by atoms with Crippen molar-refractivity contribution >= 4 is 17.7 Å². The van der Waals surface area contributed by atoms with Gasteiger partial charge >= 0.3 is 11.8 Å². The third kappa shape index (κ3) is 2.48. The maximum Gasteiger partial charge on any atom is 0.323 e. The predicted molar refractivity (Wildman–Crippen MR) is 55.4 cm³/mol. The molecule has 0 saturated carbocycles. The van der Waals surface area contributed by atoms with E-state index in [0.29, 0.717) is 12.8 Å². The molecule has 2 atom stereocenters. The number of hydrogen-bond donors (Lipinski definition) is 3.